The minimum absolute atomic E-state index is 0.0558. The highest BCUT2D eigenvalue weighted by atomic mass is 32.2. The van der Waals surface area contributed by atoms with E-state index < -0.39 is 30.6 Å². The number of urea groups is 1. The van der Waals surface area contributed by atoms with Crippen LogP contribution in [0.5, 0.6) is 0 Å². The molecule has 0 bridgehead atoms. The van der Waals surface area contributed by atoms with Crippen LogP contribution in [-0.4, -0.2) is 70.0 Å². The summed E-state index contributed by atoms with van der Waals surface area (Å²) in [5.74, 6) is -0.719. The van der Waals surface area contributed by atoms with Crippen LogP contribution in [0.1, 0.15) is 19.8 Å². The van der Waals surface area contributed by atoms with Gasteiger partial charge in [0.05, 0.1) is 4.87 Å². The van der Waals surface area contributed by atoms with Gasteiger partial charge < -0.3 is 15.0 Å². The van der Waals surface area contributed by atoms with E-state index in [0.29, 0.717) is 25.1 Å². The van der Waals surface area contributed by atoms with E-state index in [1.54, 1.807) is 16.7 Å². The van der Waals surface area contributed by atoms with Crippen molar-refractivity contribution in [3.05, 3.63) is 0 Å². The zero-order chi connectivity index (χ0) is 15.9. The molecule has 0 aliphatic carbocycles. The number of fused-ring (bicyclic) bond motifs is 1. The standard InChI is InChI=1S/C13H17N3O5S/c1-13-3-2-9(17)16(13)8(7-22-13)11(19)21-6-10(18)15-5-4-14-12(15)20/h8H,2-7H2,1H3,(H,14,20)/t8-,13+/m0/s1. The normalized spacial score (nSPS) is 30.5. The van der Waals surface area contributed by atoms with Crippen LogP contribution in [0.2, 0.25) is 0 Å². The fourth-order valence-electron chi connectivity index (χ4n) is 3.01. The lowest BCUT2D eigenvalue weighted by molar-refractivity contribution is -0.157. The molecule has 0 aromatic carbocycles. The lowest BCUT2D eigenvalue weighted by Gasteiger charge is -2.29. The summed E-state index contributed by atoms with van der Waals surface area (Å²) < 4.78 is 5.03. The van der Waals surface area contributed by atoms with Crippen molar-refractivity contribution in [2.75, 3.05) is 25.4 Å². The van der Waals surface area contributed by atoms with Crippen molar-refractivity contribution >= 4 is 35.6 Å². The number of esters is 1. The van der Waals surface area contributed by atoms with E-state index in [2.05, 4.69) is 5.32 Å². The highest BCUT2D eigenvalue weighted by molar-refractivity contribution is 8.01. The van der Waals surface area contributed by atoms with E-state index >= 15 is 0 Å². The van der Waals surface area contributed by atoms with E-state index in [0.717, 1.165) is 4.90 Å². The molecule has 0 saturated carbocycles. The second-order valence-corrected chi connectivity index (χ2v) is 7.15. The molecule has 3 rings (SSSR count). The number of hydrogen-bond donors (Lipinski definition) is 1. The van der Waals surface area contributed by atoms with Crippen molar-refractivity contribution in [2.45, 2.75) is 30.7 Å². The molecule has 3 heterocycles. The van der Waals surface area contributed by atoms with Crippen molar-refractivity contribution < 1.29 is 23.9 Å². The van der Waals surface area contributed by atoms with Gasteiger partial charge in [-0.25, -0.2) is 9.59 Å². The molecule has 0 aromatic heterocycles. The van der Waals surface area contributed by atoms with Crippen LogP contribution in [0.15, 0.2) is 0 Å². The molecule has 3 aliphatic rings. The predicted molar refractivity (Wildman–Crippen MR) is 76.8 cm³/mol. The smallest absolute Gasteiger partial charge is 0.330 e. The minimum atomic E-state index is -0.648. The van der Waals surface area contributed by atoms with E-state index in [4.69, 9.17) is 4.74 Å². The lowest BCUT2D eigenvalue weighted by atomic mass is 10.2. The molecule has 120 valence electrons. The van der Waals surface area contributed by atoms with Crippen LogP contribution in [-0.2, 0) is 19.1 Å². The van der Waals surface area contributed by atoms with Crippen molar-refractivity contribution in [3.63, 3.8) is 0 Å². The van der Waals surface area contributed by atoms with Crippen molar-refractivity contribution in [1.29, 1.82) is 0 Å². The fourth-order valence-corrected chi connectivity index (χ4v) is 4.43. The van der Waals surface area contributed by atoms with Crippen molar-refractivity contribution in [3.8, 4) is 0 Å². The number of imide groups is 1. The Labute approximate surface area is 131 Å². The Hall–Kier alpha value is -1.77. The fraction of sp³-hybridized carbons (Fsp3) is 0.692. The first-order valence-electron chi connectivity index (χ1n) is 7.13. The Balaban J connectivity index is 1.57. The zero-order valence-corrected chi connectivity index (χ0v) is 13.0. The number of amides is 4. The van der Waals surface area contributed by atoms with E-state index in [1.165, 1.54) is 0 Å². The van der Waals surface area contributed by atoms with E-state index in [-0.39, 0.29) is 17.3 Å². The number of nitrogens with zero attached hydrogens (tertiary/aromatic N) is 2. The number of hydrogen-bond acceptors (Lipinski definition) is 6. The molecule has 3 saturated heterocycles. The highest BCUT2D eigenvalue weighted by Gasteiger charge is 2.53. The molecule has 3 aliphatic heterocycles. The second kappa shape index (κ2) is 5.45. The summed E-state index contributed by atoms with van der Waals surface area (Å²) in [6, 6.07) is -1.12. The Morgan fingerprint density at radius 2 is 2.23 bits per heavy atom. The SMILES string of the molecule is C[C@@]12CCC(=O)N1[C@H](C(=O)OCC(=O)N1CCNC1=O)CS2. The molecule has 0 unspecified atom stereocenters. The summed E-state index contributed by atoms with van der Waals surface area (Å²) in [5.41, 5.74) is 0. The molecular formula is C13H17N3O5S. The summed E-state index contributed by atoms with van der Waals surface area (Å²) in [7, 11) is 0. The first kappa shape index (κ1) is 15.1. The van der Waals surface area contributed by atoms with Gasteiger partial charge in [0.2, 0.25) is 5.91 Å². The van der Waals surface area contributed by atoms with Crippen LogP contribution < -0.4 is 5.32 Å². The second-order valence-electron chi connectivity index (χ2n) is 5.65. The van der Waals surface area contributed by atoms with Crippen molar-refractivity contribution in [1.82, 2.24) is 15.1 Å². The van der Waals surface area contributed by atoms with Gasteiger partial charge >= 0.3 is 12.0 Å². The molecule has 3 fully saturated rings. The predicted octanol–water partition coefficient (Wildman–Crippen LogP) is -0.465. The topological polar surface area (TPSA) is 96.0 Å². The Kier molecular flexibility index (Phi) is 3.75. The van der Waals surface area contributed by atoms with Crippen molar-refractivity contribution in [2.24, 2.45) is 0 Å². The number of carbonyl (C=O) groups excluding carboxylic acids is 4. The number of nitrogens with one attached hydrogen (secondary N) is 1. The Bertz CT molecular complexity index is 554. The first-order chi connectivity index (χ1) is 10.4. The number of thioether (sulfide) groups is 1. The van der Waals surface area contributed by atoms with Crippen LogP contribution in [0, 0.1) is 0 Å². The first-order valence-corrected chi connectivity index (χ1v) is 8.12. The van der Waals surface area contributed by atoms with Gasteiger partial charge in [0.15, 0.2) is 6.61 Å². The van der Waals surface area contributed by atoms with Crippen LogP contribution in [0.25, 0.3) is 0 Å². The van der Waals surface area contributed by atoms with Crippen LogP contribution in [0.4, 0.5) is 4.79 Å². The molecule has 2 atom stereocenters. The monoisotopic (exact) mass is 327 g/mol. The number of ether oxygens (including phenoxy) is 1. The van der Waals surface area contributed by atoms with Gasteiger partial charge in [-0.2, -0.15) is 0 Å². The Morgan fingerprint density at radius 1 is 1.45 bits per heavy atom. The third-order valence-corrected chi connectivity index (χ3v) is 5.72. The van der Waals surface area contributed by atoms with Gasteiger partial charge in [-0.15, -0.1) is 11.8 Å². The van der Waals surface area contributed by atoms with Gasteiger partial charge in [-0.3, -0.25) is 14.5 Å². The minimum Gasteiger partial charge on any atom is -0.454 e. The van der Waals surface area contributed by atoms with E-state index in [9.17, 15) is 19.2 Å². The highest BCUT2D eigenvalue weighted by Crippen LogP contribution is 2.47. The van der Waals surface area contributed by atoms with E-state index in [1.807, 2.05) is 6.92 Å². The third kappa shape index (κ3) is 2.43. The summed E-state index contributed by atoms with van der Waals surface area (Å²) >= 11 is 1.56. The number of rotatable bonds is 3. The molecule has 22 heavy (non-hydrogen) atoms. The largest absolute Gasteiger partial charge is 0.454 e. The average molecular weight is 327 g/mol. The van der Waals surface area contributed by atoms with Crippen LogP contribution in [0.3, 0.4) is 0 Å². The molecular weight excluding hydrogens is 310 g/mol. The molecule has 0 aromatic rings. The van der Waals surface area contributed by atoms with Gasteiger partial charge in [-0.1, -0.05) is 0 Å². The Morgan fingerprint density at radius 3 is 2.91 bits per heavy atom. The quantitative estimate of drug-likeness (QED) is 0.705. The maximum Gasteiger partial charge on any atom is 0.330 e. The number of carbonyl (C=O) groups is 4. The van der Waals surface area contributed by atoms with Gasteiger partial charge in [0, 0.05) is 25.3 Å². The van der Waals surface area contributed by atoms with Crippen LogP contribution >= 0.6 is 11.8 Å². The molecule has 0 spiro atoms. The maximum absolute atomic E-state index is 12.2. The van der Waals surface area contributed by atoms with Gasteiger partial charge in [0.1, 0.15) is 6.04 Å². The summed E-state index contributed by atoms with van der Waals surface area (Å²) in [6.07, 6.45) is 1.15. The summed E-state index contributed by atoms with van der Waals surface area (Å²) in [4.78, 5) is 49.5. The zero-order valence-electron chi connectivity index (χ0n) is 12.2. The molecule has 0 radical (unpaired) electrons. The average Bonchev–Trinajstić information content (AvgIpc) is 3.12. The molecule has 8 nitrogen and oxygen atoms in total. The molecule has 9 heteroatoms. The molecule has 4 amide bonds. The maximum atomic E-state index is 12.2. The lowest BCUT2D eigenvalue weighted by Crippen LogP contribution is -2.47. The third-order valence-electron chi connectivity index (χ3n) is 4.21. The summed E-state index contributed by atoms with van der Waals surface area (Å²) in [6.45, 7) is 2.14. The molecule has 1 N–H and O–H groups in total. The van der Waals surface area contributed by atoms with Gasteiger partial charge in [-0.05, 0) is 13.3 Å². The summed E-state index contributed by atoms with van der Waals surface area (Å²) in [5, 5.41) is 2.50. The van der Waals surface area contributed by atoms with Gasteiger partial charge in [0.25, 0.3) is 5.91 Å².